The molecule has 0 saturated heterocycles. The van der Waals surface area contributed by atoms with Crippen LogP contribution in [-0.2, 0) is 9.53 Å². The van der Waals surface area contributed by atoms with Gasteiger partial charge < -0.3 is 4.74 Å². The fraction of sp³-hybridized carbons (Fsp3) is 0.786. The summed E-state index contributed by atoms with van der Waals surface area (Å²) in [7, 11) is 0. The number of esters is 1. The molecule has 22 heavy (non-hydrogen) atoms. The first-order chi connectivity index (χ1) is 9.43. The first-order valence-corrected chi connectivity index (χ1v) is 6.43. The summed E-state index contributed by atoms with van der Waals surface area (Å²) in [5, 5.41) is 0. The maximum atomic E-state index is 12.5. The Hall–Kier alpha value is -1.21. The molecular formula is C14H20F6O2. The van der Waals surface area contributed by atoms with Gasteiger partial charge in [-0.3, -0.25) is 4.79 Å². The largest absolute Gasteiger partial charge is 0.442 e. The summed E-state index contributed by atoms with van der Waals surface area (Å²) in [5.74, 6) is -1.57. The molecule has 0 N–H and O–H groups in total. The molecule has 0 saturated carbocycles. The molecule has 0 aliphatic rings. The average Bonchev–Trinajstić information content (AvgIpc) is 2.19. The van der Waals surface area contributed by atoms with Crippen molar-refractivity contribution in [2.24, 2.45) is 10.8 Å². The molecule has 0 aliphatic heterocycles. The van der Waals surface area contributed by atoms with Crippen LogP contribution in [0.4, 0.5) is 26.3 Å². The van der Waals surface area contributed by atoms with E-state index in [9.17, 15) is 31.1 Å². The Bertz CT molecular complexity index is 424. The van der Waals surface area contributed by atoms with Crippen molar-refractivity contribution in [3.05, 3.63) is 11.6 Å². The van der Waals surface area contributed by atoms with Crippen LogP contribution in [0.15, 0.2) is 11.6 Å². The smallest absolute Gasteiger partial charge is 0.434 e. The standard InChI is InChI=1S/C14H20F6O2/c1-8(2)7-12(6,11(3,4)5)10(21)22-9(13(15,16)17)14(18,19)20/h7,9H,1-6H3. The van der Waals surface area contributed by atoms with Crippen molar-refractivity contribution >= 4 is 5.97 Å². The zero-order valence-corrected chi connectivity index (χ0v) is 13.2. The van der Waals surface area contributed by atoms with Gasteiger partial charge in [-0.2, -0.15) is 26.3 Å². The summed E-state index contributed by atoms with van der Waals surface area (Å²) >= 11 is 0. The van der Waals surface area contributed by atoms with Crippen molar-refractivity contribution in [3.63, 3.8) is 0 Å². The lowest BCUT2D eigenvalue weighted by molar-refractivity contribution is -0.316. The number of hydrogen-bond acceptors (Lipinski definition) is 2. The SMILES string of the molecule is CC(C)=CC(C)(C(=O)OC(C(F)(F)F)C(F)(F)F)C(C)(C)C. The first-order valence-electron chi connectivity index (χ1n) is 6.43. The van der Waals surface area contributed by atoms with Gasteiger partial charge in [-0.25, -0.2) is 0 Å². The topological polar surface area (TPSA) is 26.3 Å². The van der Waals surface area contributed by atoms with Crippen LogP contribution in [0.25, 0.3) is 0 Å². The van der Waals surface area contributed by atoms with Gasteiger partial charge in [0.05, 0.1) is 5.41 Å². The molecule has 1 unspecified atom stereocenters. The van der Waals surface area contributed by atoms with Crippen LogP contribution in [-0.4, -0.2) is 24.4 Å². The number of rotatable bonds is 3. The Morgan fingerprint density at radius 2 is 1.27 bits per heavy atom. The number of allylic oxidation sites excluding steroid dienone is 1. The highest BCUT2D eigenvalue weighted by Gasteiger charge is 2.61. The van der Waals surface area contributed by atoms with Gasteiger partial charge in [-0.15, -0.1) is 0 Å². The third-order valence-corrected chi connectivity index (χ3v) is 3.38. The minimum absolute atomic E-state index is 0.574. The maximum Gasteiger partial charge on any atom is 0.434 e. The minimum atomic E-state index is -5.72. The number of carbonyl (C=O) groups is 1. The lowest BCUT2D eigenvalue weighted by Crippen LogP contribution is -2.50. The molecule has 2 nitrogen and oxygen atoms in total. The number of ether oxygens (including phenoxy) is 1. The van der Waals surface area contributed by atoms with Crippen LogP contribution < -0.4 is 0 Å². The number of alkyl halides is 6. The van der Waals surface area contributed by atoms with E-state index >= 15 is 0 Å². The predicted molar refractivity (Wildman–Crippen MR) is 69.0 cm³/mol. The molecule has 0 aromatic carbocycles. The highest BCUT2D eigenvalue weighted by molar-refractivity contribution is 5.80. The van der Waals surface area contributed by atoms with Crippen molar-refractivity contribution < 1.29 is 35.9 Å². The average molecular weight is 334 g/mol. The van der Waals surface area contributed by atoms with Gasteiger partial charge in [0.1, 0.15) is 0 Å². The van der Waals surface area contributed by atoms with E-state index in [1.807, 2.05) is 0 Å². The zero-order chi connectivity index (χ0) is 18.1. The fourth-order valence-electron chi connectivity index (χ4n) is 1.71. The second-order valence-electron chi connectivity index (χ2n) is 6.54. The lowest BCUT2D eigenvalue weighted by atomic mass is 9.67. The van der Waals surface area contributed by atoms with Gasteiger partial charge in [-0.1, -0.05) is 32.4 Å². The molecule has 0 aliphatic carbocycles. The van der Waals surface area contributed by atoms with Crippen molar-refractivity contribution in [2.75, 3.05) is 0 Å². The van der Waals surface area contributed by atoms with E-state index in [1.54, 1.807) is 13.8 Å². The quantitative estimate of drug-likeness (QED) is 0.410. The Labute approximate surface area is 125 Å². The summed E-state index contributed by atoms with van der Waals surface area (Å²) in [6.45, 7) is 9.02. The molecule has 0 rings (SSSR count). The number of hydrogen-bond donors (Lipinski definition) is 0. The Kier molecular flexibility index (Phi) is 5.78. The number of carbonyl (C=O) groups excluding carboxylic acids is 1. The fourth-order valence-corrected chi connectivity index (χ4v) is 1.71. The van der Waals surface area contributed by atoms with Crippen LogP contribution in [0.2, 0.25) is 0 Å². The van der Waals surface area contributed by atoms with Crippen molar-refractivity contribution in [1.29, 1.82) is 0 Å². The van der Waals surface area contributed by atoms with Crippen LogP contribution in [0, 0.1) is 10.8 Å². The number of halogens is 6. The van der Waals surface area contributed by atoms with Gasteiger partial charge in [0, 0.05) is 0 Å². The highest BCUT2D eigenvalue weighted by Crippen LogP contribution is 2.44. The third kappa shape index (κ3) is 4.91. The van der Waals surface area contributed by atoms with E-state index in [0.29, 0.717) is 5.57 Å². The third-order valence-electron chi connectivity index (χ3n) is 3.38. The molecule has 0 bridgehead atoms. The van der Waals surface area contributed by atoms with Gasteiger partial charge in [0.2, 0.25) is 0 Å². The monoisotopic (exact) mass is 334 g/mol. The highest BCUT2D eigenvalue weighted by atomic mass is 19.4. The Morgan fingerprint density at radius 1 is 0.909 bits per heavy atom. The molecule has 0 spiro atoms. The molecule has 0 radical (unpaired) electrons. The summed E-state index contributed by atoms with van der Waals surface area (Å²) in [6, 6.07) is 0. The van der Waals surface area contributed by atoms with Crippen LogP contribution >= 0.6 is 0 Å². The van der Waals surface area contributed by atoms with Crippen molar-refractivity contribution in [1.82, 2.24) is 0 Å². The van der Waals surface area contributed by atoms with E-state index in [1.165, 1.54) is 33.8 Å². The van der Waals surface area contributed by atoms with Crippen molar-refractivity contribution in [2.45, 2.75) is 60.0 Å². The van der Waals surface area contributed by atoms with Gasteiger partial charge in [0.25, 0.3) is 6.10 Å². The minimum Gasteiger partial charge on any atom is -0.442 e. The molecule has 130 valence electrons. The first kappa shape index (κ1) is 20.8. The van der Waals surface area contributed by atoms with E-state index < -0.39 is 35.3 Å². The van der Waals surface area contributed by atoms with Crippen LogP contribution in [0.3, 0.4) is 0 Å². The van der Waals surface area contributed by atoms with E-state index in [0.717, 1.165) is 0 Å². The molecule has 8 heteroatoms. The zero-order valence-electron chi connectivity index (χ0n) is 13.2. The Balaban J connectivity index is 5.76. The summed E-state index contributed by atoms with van der Waals surface area (Å²) < 4.78 is 78.9. The van der Waals surface area contributed by atoms with Crippen molar-refractivity contribution in [3.8, 4) is 0 Å². The van der Waals surface area contributed by atoms with Crippen LogP contribution in [0.1, 0.15) is 41.5 Å². The van der Waals surface area contributed by atoms with E-state index in [4.69, 9.17) is 0 Å². The molecule has 0 aromatic heterocycles. The van der Waals surface area contributed by atoms with Crippen LogP contribution in [0.5, 0.6) is 0 Å². The molecule has 0 amide bonds. The lowest BCUT2D eigenvalue weighted by Gasteiger charge is -2.39. The van der Waals surface area contributed by atoms with E-state index in [-0.39, 0.29) is 0 Å². The normalized spacial score (nSPS) is 16.2. The molecule has 0 fully saturated rings. The Morgan fingerprint density at radius 3 is 1.50 bits per heavy atom. The maximum absolute atomic E-state index is 12.5. The summed E-state index contributed by atoms with van der Waals surface area (Å²) in [5.41, 5.74) is -2.01. The van der Waals surface area contributed by atoms with Gasteiger partial charge >= 0.3 is 18.3 Å². The molecule has 1 atom stereocenters. The van der Waals surface area contributed by atoms with Gasteiger partial charge in [0.15, 0.2) is 0 Å². The molecule has 0 aromatic rings. The van der Waals surface area contributed by atoms with E-state index in [2.05, 4.69) is 4.74 Å². The van der Waals surface area contributed by atoms with Gasteiger partial charge in [-0.05, 0) is 26.2 Å². The summed E-state index contributed by atoms with van der Waals surface area (Å²) in [4.78, 5) is 12.1. The summed E-state index contributed by atoms with van der Waals surface area (Å²) in [6.07, 6.45) is -14.3. The second-order valence-corrected chi connectivity index (χ2v) is 6.54. The second kappa shape index (κ2) is 6.12. The molecular weight excluding hydrogens is 314 g/mol. The molecule has 0 heterocycles. The predicted octanol–water partition coefficient (Wildman–Crippen LogP) is 5.04.